The van der Waals surface area contributed by atoms with E-state index < -0.39 is 0 Å². The van der Waals surface area contributed by atoms with Crippen molar-refractivity contribution in [3.63, 3.8) is 0 Å². The van der Waals surface area contributed by atoms with Crippen LogP contribution in [0.5, 0.6) is 0 Å². The van der Waals surface area contributed by atoms with Crippen LogP contribution in [-0.4, -0.2) is 7.05 Å². The summed E-state index contributed by atoms with van der Waals surface area (Å²) in [5.41, 5.74) is 10.6. The van der Waals surface area contributed by atoms with Crippen molar-refractivity contribution < 1.29 is 0 Å². The highest BCUT2D eigenvalue weighted by molar-refractivity contribution is 5.69. The van der Waals surface area contributed by atoms with Gasteiger partial charge in [0.15, 0.2) is 0 Å². The normalized spacial score (nSPS) is 9.95. The lowest BCUT2D eigenvalue weighted by atomic mass is 10.1. The van der Waals surface area contributed by atoms with E-state index in [1.807, 2.05) is 13.1 Å². The van der Waals surface area contributed by atoms with Crippen LogP contribution in [0.15, 0.2) is 42.5 Å². The van der Waals surface area contributed by atoms with Gasteiger partial charge in [-0.1, -0.05) is 29.8 Å². The zero-order valence-corrected chi connectivity index (χ0v) is 11.2. The Bertz CT molecular complexity index is 626. The third-order valence-electron chi connectivity index (χ3n) is 3.07. The number of nitrogen functional groups attached to an aromatic ring is 1. The molecule has 0 fully saturated rings. The molecule has 0 spiro atoms. The van der Waals surface area contributed by atoms with Gasteiger partial charge < -0.3 is 10.6 Å². The van der Waals surface area contributed by atoms with Crippen LogP contribution in [0.3, 0.4) is 0 Å². The van der Waals surface area contributed by atoms with Gasteiger partial charge in [-0.05, 0) is 30.7 Å². The van der Waals surface area contributed by atoms with Crippen LogP contribution < -0.4 is 10.6 Å². The van der Waals surface area contributed by atoms with E-state index in [9.17, 15) is 0 Å². The molecule has 0 aromatic heterocycles. The Morgan fingerprint density at radius 3 is 2.63 bits per heavy atom. The average molecular weight is 251 g/mol. The molecule has 19 heavy (non-hydrogen) atoms. The van der Waals surface area contributed by atoms with E-state index in [2.05, 4.69) is 42.2 Å². The number of anilines is 2. The number of rotatable bonds is 3. The maximum absolute atomic E-state index is 8.84. The zero-order chi connectivity index (χ0) is 13.8. The molecule has 2 rings (SSSR count). The molecule has 2 N–H and O–H groups in total. The number of nitrogens with two attached hydrogens (primary N) is 1. The Balaban J connectivity index is 2.21. The fraction of sp³-hybridized carbons (Fsp3) is 0.188. The first-order chi connectivity index (χ1) is 9.10. The molecule has 3 heteroatoms. The third kappa shape index (κ3) is 3.05. The van der Waals surface area contributed by atoms with Crippen molar-refractivity contribution >= 4 is 11.4 Å². The number of nitriles is 1. The second-order valence-corrected chi connectivity index (χ2v) is 4.73. The zero-order valence-electron chi connectivity index (χ0n) is 11.2. The summed E-state index contributed by atoms with van der Waals surface area (Å²) in [4.78, 5) is 2.09. The third-order valence-corrected chi connectivity index (χ3v) is 3.07. The Labute approximate surface area is 113 Å². The van der Waals surface area contributed by atoms with E-state index in [0.29, 0.717) is 11.3 Å². The summed E-state index contributed by atoms with van der Waals surface area (Å²) in [6.07, 6.45) is 0. The van der Waals surface area contributed by atoms with Crippen molar-refractivity contribution in [3.05, 3.63) is 59.2 Å². The van der Waals surface area contributed by atoms with Gasteiger partial charge in [-0.2, -0.15) is 5.26 Å². The molecule has 0 saturated heterocycles. The highest BCUT2D eigenvalue weighted by Gasteiger charge is 2.07. The summed E-state index contributed by atoms with van der Waals surface area (Å²) in [7, 11) is 2.00. The van der Waals surface area contributed by atoms with Gasteiger partial charge in [-0.25, -0.2) is 0 Å². The Morgan fingerprint density at radius 2 is 2.00 bits per heavy atom. The van der Waals surface area contributed by atoms with Gasteiger partial charge in [0, 0.05) is 13.6 Å². The summed E-state index contributed by atoms with van der Waals surface area (Å²) in [6.45, 7) is 2.87. The first-order valence-corrected chi connectivity index (χ1v) is 6.16. The summed E-state index contributed by atoms with van der Waals surface area (Å²) < 4.78 is 0. The van der Waals surface area contributed by atoms with Gasteiger partial charge in [-0.15, -0.1) is 0 Å². The summed E-state index contributed by atoms with van der Waals surface area (Å²) >= 11 is 0. The molecular formula is C16H17N3. The number of aryl methyl sites for hydroxylation is 1. The molecule has 0 amide bonds. The lowest BCUT2D eigenvalue weighted by Crippen LogP contribution is -2.17. The molecule has 0 unspecified atom stereocenters. The predicted octanol–water partition coefficient (Wildman–Crippen LogP) is 3.09. The Hall–Kier alpha value is -2.47. The second-order valence-electron chi connectivity index (χ2n) is 4.73. The minimum Gasteiger partial charge on any atom is -0.397 e. The molecule has 0 aliphatic carbocycles. The SMILES string of the molecule is Cc1cccc(CN(C)c2ccc(C#N)cc2N)c1. The Morgan fingerprint density at radius 1 is 1.21 bits per heavy atom. The smallest absolute Gasteiger partial charge is 0.0992 e. The van der Waals surface area contributed by atoms with E-state index in [1.165, 1.54) is 11.1 Å². The fourth-order valence-electron chi connectivity index (χ4n) is 2.14. The molecule has 3 nitrogen and oxygen atoms in total. The Kier molecular flexibility index (Phi) is 3.72. The van der Waals surface area contributed by atoms with E-state index in [-0.39, 0.29) is 0 Å². The molecule has 0 heterocycles. The number of benzene rings is 2. The number of nitrogens with zero attached hydrogens (tertiary/aromatic N) is 2. The number of hydrogen-bond donors (Lipinski definition) is 1. The van der Waals surface area contributed by atoms with Crippen LogP contribution >= 0.6 is 0 Å². The van der Waals surface area contributed by atoms with E-state index in [0.717, 1.165) is 12.2 Å². The molecule has 0 saturated carbocycles. The first-order valence-electron chi connectivity index (χ1n) is 6.16. The highest BCUT2D eigenvalue weighted by Crippen LogP contribution is 2.24. The predicted molar refractivity (Wildman–Crippen MR) is 78.9 cm³/mol. The largest absolute Gasteiger partial charge is 0.397 e. The molecule has 0 radical (unpaired) electrons. The quantitative estimate of drug-likeness (QED) is 0.853. The fourth-order valence-corrected chi connectivity index (χ4v) is 2.14. The van der Waals surface area contributed by atoms with Crippen molar-refractivity contribution in [2.45, 2.75) is 13.5 Å². The first kappa shape index (κ1) is 13.0. The van der Waals surface area contributed by atoms with Crippen molar-refractivity contribution in [2.75, 3.05) is 17.7 Å². The van der Waals surface area contributed by atoms with Crippen LogP contribution in [0.25, 0.3) is 0 Å². The van der Waals surface area contributed by atoms with Crippen LogP contribution in [0, 0.1) is 18.3 Å². The number of hydrogen-bond acceptors (Lipinski definition) is 3. The molecule has 0 aliphatic heterocycles. The molecule has 2 aromatic carbocycles. The maximum atomic E-state index is 8.84. The van der Waals surface area contributed by atoms with Gasteiger partial charge in [-0.3, -0.25) is 0 Å². The van der Waals surface area contributed by atoms with Crippen LogP contribution in [0.1, 0.15) is 16.7 Å². The van der Waals surface area contributed by atoms with Gasteiger partial charge in [0.1, 0.15) is 0 Å². The van der Waals surface area contributed by atoms with Crippen LogP contribution in [0.2, 0.25) is 0 Å². The summed E-state index contributed by atoms with van der Waals surface area (Å²) in [5.74, 6) is 0. The minimum atomic E-state index is 0.588. The average Bonchev–Trinajstić information content (AvgIpc) is 2.38. The molecule has 0 aliphatic rings. The lowest BCUT2D eigenvalue weighted by molar-refractivity contribution is 0.923. The molecule has 2 aromatic rings. The molecule has 0 bridgehead atoms. The molecule has 96 valence electrons. The van der Waals surface area contributed by atoms with E-state index >= 15 is 0 Å². The van der Waals surface area contributed by atoms with Gasteiger partial charge in [0.2, 0.25) is 0 Å². The molecular weight excluding hydrogens is 234 g/mol. The topological polar surface area (TPSA) is 53.0 Å². The van der Waals surface area contributed by atoms with Crippen LogP contribution in [-0.2, 0) is 6.54 Å². The monoisotopic (exact) mass is 251 g/mol. The molecule has 0 atom stereocenters. The minimum absolute atomic E-state index is 0.588. The van der Waals surface area contributed by atoms with Gasteiger partial charge in [0.05, 0.1) is 23.0 Å². The summed E-state index contributed by atoms with van der Waals surface area (Å²) in [5, 5.41) is 8.84. The lowest BCUT2D eigenvalue weighted by Gasteiger charge is -2.21. The van der Waals surface area contributed by atoms with E-state index in [1.54, 1.807) is 12.1 Å². The van der Waals surface area contributed by atoms with Crippen LogP contribution in [0.4, 0.5) is 11.4 Å². The van der Waals surface area contributed by atoms with Gasteiger partial charge >= 0.3 is 0 Å². The highest BCUT2D eigenvalue weighted by atomic mass is 15.1. The van der Waals surface area contributed by atoms with Crippen molar-refractivity contribution in [1.82, 2.24) is 0 Å². The van der Waals surface area contributed by atoms with Crippen molar-refractivity contribution in [1.29, 1.82) is 5.26 Å². The summed E-state index contributed by atoms with van der Waals surface area (Å²) in [6, 6.07) is 15.9. The second kappa shape index (κ2) is 5.45. The maximum Gasteiger partial charge on any atom is 0.0992 e. The van der Waals surface area contributed by atoms with Gasteiger partial charge in [0.25, 0.3) is 0 Å². The van der Waals surface area contributed by atoms with Crippen molar-refractivity contribution in [3.8, 4) is 6.07 Å². The standard InChI is InChI=1S/C16H17N3/c1-12-4-3-5-14(8-12)11-19(2)16-7-6-13(10-17)9-15(16)18/h3-9H,11,18H2,1-2H3. The van der Waals surface area contributed by atoms with Crippen molar-refractivity contribution in [2.24, 2.45) is 0 Å². The van der Waals surface area contributed by atoms with E-state index in [4.69, 9.17) is 11.0 Å².